The molecule has 0 atom stereocenters. The van der Waals surface area contributed by atoms with Gasteiger partial charge in [-0.05, 0) is 25.0 Å². The van der Waals surface area contributed by atoms with Gasteiger partial charge in [0.05, 0.1) is 12.5 Å². The van der Waals surface area contributed by atoms with Gasteiger partial charge in [-0.25, -0.2) is 0 Å². The molecule has 1 saturated carbocycles. The first-order valence-corrected chi connectivity index (χ1v) is 5.25. The van der Waals surface area contributed by atoms with Crippen molar-refractivity contribution in [2.24, 2.45) is 5.41 Å². The van der Waals surface area contributed by atoms with E-state index < -0.39 is 0 Å². The van der Waals surface area contributed by atoms with Crippen molar-refractivity contribution >= 4 is 5.97 Å². The molecule has 0 aliphatic heterocycles. The Morgan fingerprint density at radius 3 is 2.80 bits per heavy atom. The number of aromatic nitrogens is 1. The van der Waals surface area contributed by atoms with E-state index in [4.69, 9.17) is 4.74 Å². The third kappa shape index (κ3) is 1.87. The van der Waals surface area contributed by atoms with Crippen LogP contribution in [0.2, 0.25) is 0 Å². The zero-order valence-electron chi connectivity index (χ0n) is 8.90. The summed E-state index contributed by atoms with van der Waals surface area (Å²) in [6.07, 6.45) is 5.44. The Kier molecular flexibility index (Phi) is 2.71. The van der Waals surface area contributed by atoms with Crippen LogP contribution in [0, 0.1) is 5.41 Å². The predicted molar refractivity (Wildman–Crippen MR) is 56.2 cm³/mol. The third-order valence-corrected chi connectivity index (χ3v) is 3.17. The molecule has 0 spiro atoms. The molecule has 0 aromatic carbocycles. The van der Waals surface area contributed by atoms with Crippen LogP contribution < -0.4 is 0 Å². The molecule has 3 nitrogen and oxygen atoms in total. The molecule has 80 valence electrons. The summed E-state index contributed by atoms with van der Waals surface area (Å²) in [5, 5.41) is 0. The van der Waals surface area contributed by atoms with Crippen molar-refractivity contribution in [3.8, 4) is 0 Å². The van der Waals surface area contributed by atoms with Crippen LogP contribution in [0.4, 0.5) is 0 Å². The molecule has 0 amide bonds. The summed E-state index contributed by atoms with van der Waals surface area (Å²) in [6, 6.07) is 5.80. The topological polar surface area (TPSA) is 39.2 Å². The normalized spacial score (nSPS) is 17.9. The van der Waals surface area contributed by atoms with E-state index in [2.05, 4.69) is 4.98 Å². The maximum absolute atomic E-state index is 11.7. The minimum absolute atomic E-state index is 0.0839. The second kappa shape index (κ2) is 4.01. The van der Waals surface area contributed by atoms with Crippen LogP contribution in [0.25, 0.3) is 0 Å². The molecule has 0 saturated heterocycles. The number of ether oxygens (including phenoxy) is 1. The minimum atomic E-state index is -0.289. The van der Waals surface area contributed by atoms with Crippen molar-refractivity contribution in [3.63, 3.8) is 0 Å². The van der Waals surface area contributed by atoms with Gasteiger partial charge in [0.25, 0.3) is 0 Å². The average molecular weight is 205 g/mol. The number of pyridine rings is 1. The van der Waals surface area contributed by atoms with E-state index in [0.717, 1.165) is 25.0 Å². The lowest BCUT2D eigenvalue weighted by atomic mass is 9.66. The molecule has 2 rings (SSSR count). The number of esters is 1. The number of hydrogen-bond acceptors (Lipinski definition) is 3. The molecule has 0 unspecified atom stereocenters. The van der Waals surface area contributed by atoms with Crippen molar-refractivity contribution in [2.45, 2.75) is 25.7 Å². The Bertz CT molecular complexity index is 344. The summed E-state index contributed by atoms with van der Waals surface area (Å²) in [5.74, 6) is -0.0839. The third-order valence-electron chi connectivity index (χ3n) is 3.17. The van der Waals surface area contributed by atoms with Crippen LogP contribution in [0.3, 0.4) is 0 Å². The number of methoxy groups -OCH3 is 1. The van der Waals surface area contributed by atoms with Crippen molar-refractivity contribution in [2.75, 3.05) is 7.11 Å². The zero-order valence-corrected chi connectivity index (χ0v) is 8.90. The molecule has 1 heterocycles. The fraction of sp³-hybridized carbons (Fsp3) is 0.500. The number of carbonyl (C=O) groups excluding carboxylic acids is 1. The predicted octanol–water partition coefficient (Wildman–Crippen LogP) is 1.97. The highest BCUT2D eigenvalue weighted by Gasteiger charge is 2.45. The molecular weight excluding hydrogens is 190 g/mol. The summed E-state index contributed by atoms with van der Waals surface area (Å²) in [6.45, 7) is 0. The minimum Gasteiger partial charge on any atom is -0.469 e. The van der Waals surface area contributed by atoms with Crippen LogP contribution >= 0.6 is 0 Å². The quantitative estimate of drug-likeness (QED) is 0.708. The lowest BCUT2D eigenvalue weighted by Crippen LogP contribution is -2.41. The van der Waals surface area contributed by atoms with Gasteiger partial charge in [0.1, 0.15) is 0 Å². The lowest BCUT2D eigenvalue weighted by molar-refractivity contribution is -0.158. The van der Waals surface area contributed by atoms with Gasteiger partial charge in [-0.1, -0.05) is 12.5 Å². The van der Waals surface area contributed by atoms with E-state index in [1.807, 2.05) is 18.2 Å². The number of nitrogens with zero attached hydrogens (tertiary/aromatic N) is 1. The molecule has 3 heteroatoms. The molecule has 1 aromatic rings. The van der Waals surface area contributed by atoms with Gasteiger partial charge < -0.3 is 4.74 Å². The monoisotopic (exact) mass is 205 g/mol. The van der Waals surface area contributed by atoms with Crippen LogP contribution in [0.15, 0.2) is 24.4 Å². The van der Waals surface area contributed by atoms with Gasteiger partial charge in [-0.2, -0.15) is 0 Å². The molecule has 0 radical (unpaired) electrons. The maximum Gasteiger partial charge on any atom is 0.312 e. The molecule has 0 bridgehead atoms. The molecule has 1 aliphatic carbocycles. The van der Waals surface area contributed by atoms with Crippen LogP contribution in [-0.4, -0.2) is 18.1 Å². The Morgan fingerprint density at radius 2 is 2.33 bits per heavy atom. The van der Waals surface area contributed by atoms with E-state index in [0.29, 0.717) is 6.42 Å². The Morgan fingerprint density at radius 1 is 1.53 bits per heavy atom. The highest BCUT2D eigenvalue weighted by molar-refractivity contribution is 5.78. The SMILES string of the molecule is COC(=O)C1(Cc2ccccn2)CCC1. The fourth-order valence-corrected chi connectivity index (χ4v) is 2.12. The van der Waals surface area contributed by atoms with Crippen molar-refractivity contribution in [3.05, 3.63) is 30.1 Å². The summed E-state index contributed by atoms with van der Waals surface area (Å²) >= 11 is 0. The van der Waals surface area contributed by atoms with Crippen LogP contribution in [0.5, 0.6) is 0 Å². The Hall–Kier alpha value is -1.38. The number of carbonyl (C=O) groups is 1. The summed E-state index contributed by atoms with van der Waals surface area (Å²) in [7, 11) is 1.46. The Labute approximate surface area is 89.5 Å². The van der Waals surface area contributed by atoms with Gasteiger partial charge >= 0.3 is 5.97 Å². The highest BCUT2D eigenvalue weighted by atomic mass is 16.5. The standard InChI is InChI=1S/C12H15NO2/c1-15-11(14)12(6-4-7-12)9-10-5-2-3-8-13-10/h2-3,5,8H,4,6-7,9H2,1H3. The lowest BCUT2D eigenvalue weighted by Gasteiger charge is -2.38. The number of rotatable bonds is 3. The first-order valence-electron chi connectivity index (χ1n) is 5.25. The van der Waals surface area contributed by atoms with Gasteiger partial charge in [0.15, 0.2) is 0 Å². The second-order valence-electron chi connectivity index (χ2n) is 4.12. The van der Waals surface area contributed by atoms with Gasteiger partial charge in [-0.15, -0.1) is 0 Å². The number of hydrogen-bond donors (Lipinski definition) is 0. The van der Waals surface area contributed by atoms with Gasteiger partial charge in [-0.3, -0.25) is 9.78 Å². The Balaban J connectivity index is 2.12. The van der Waals surface area contributed by atoms with E-state index in [1.165, 1.54) is 7.11 Å². The molecule has 1 fully saturated rings. The maximum atomic E-state index is 11.7. The molecule has 0 N–H and O–H groups in total. The van der Waals surface area contributed by atoms with E-state index in [-0.39, 0.29) is 11.4 Å². The van der Waals surface area contributed by atoms with Crippen molar-refractivity contribution < 1.29 is 9.53 Å². The smallest absolute Gasteiger partial charge is 0.312 e. The zero-order chi connectivity index (χ0) is 10.7. The van der Waals surface area contributed by atoms with E-state index in [9.17, 15) is 4.79 Å². The molecule has 15 heavy (non-hydrogen) atoms. The largest absolute Gasteiger partial charge is 0.469 e. The van der Waals surface area contributed by atoms with Crippen molar-refractivity contribution in [1.29, 1.82) is 0 Å². The first-order chi connectivity index (χ1) is 7.27. The van der Waals surface area contributed by atoms with Crippen molar-refractivity contribution in [1.82, 2.24) is 4.98 Å². The van der Waals surface area contributed by atoms with Crippen LogP contribution in [-0.2, 0) is 16.0 Å². The average Bonchev–Trinajstić information content (AvgIpc) is 2.24. The van der Waals surface area contributed by atoms with Crippen LogP contribution in [0.1, 0.15) is 25.0 Å². The van der Waals surface area contributed by atoms with Gasteiger partial charge in [0.2, 0.25) is 0 Å². The van der Waals surface area contributed by atoms with E-state index >= 15 is 0 Å². The van der Waals surface area contributed by atoms with Gasteiger partial charge in [0, 0.05) is 18.3 Å². The molecule has 1 aromatic heterocycles. The fourth-order valence-electron chi connectivity index (χ4n) is 2.12. The molecular formula is C12H15NO2. The summed E-state index contributed by atoms with van der Waals surface area (Å²) in [4.78, 5) is 15.9. The highest BCUT2D eigenvalue weighted by Crippen LogP contribution is 2.44. The van der Waals surface area contributed by atoms with E-state index in [1.54, 1.807) is 6.20 Å². The summed E-state index contributed by atoms with van der Waals surface area (Å²) in [5.41, 5.74) is 0.686. The second-order valence-corrected chi connectivity index (χ2v) is 4.12. The molecule has 1 aliphatic rings. The first kappa shape index (κ1) is 10.1. The summed E-state index contributed by atoms with van der Waals surface area (Å²) < 4.78 is 4.86.